The number of piperazine rings is 1. The maximum Gasteiger partial charge on any atom is 0.249 e. The molecule has 0 spiro atoms. The number of rotatable bonds is 3. The van der Waals surface area contributed by atoms with Crippen LogP contribution in [0.4, 0.5) is 0 Å². The second-order valence-electron chi connectivity index (χ2n) is 6.66. The Balaban J connectivity index is 1.93. The highest BCUT2D eigenvalue weighted by Crippen LogP contribution is 2.43. The maximum atomic E-state index is 13.0. The van der Waals surface area contributed by atoms with Crippen LogP contribution in [0.25, 0.3) is 0 Å². The molecule has 2 amide bonds. The van der Waals surface area contributed by atoms with E-state index in [-0.39, 0.29) is 35.3 Å². The summed E-state index contributed by atoms with van der Waals surface area (Å²) >= 11 is 0. The molecule has 0 aromatic rings. The van der Waals surface area contributed by atoms with Crippen molar-refractivity contribution < 1.29 is 18.0 Å². The quantitative estimate of drug-likeness (QED) is 0.799. The maximum absolute atomic E-state index is 13.0. The number of hydrogen-bond acceptors (Lipinski definition) is 4. The van der Waals surface area contributed by atoms with Crippen molar-refractivity contribution in [2.45, 2.75) is 57.2 Å². The molecule has 1 N–H and O–H groups in total. The Labute approximate surface area is 125 Å². The van der Waals surface area contributed by atoms with Crippen LogP contribution in [-0.4, -0.2) is 54.3 Å². The number of carbonyl (C=O) groups is 2. The van der Waals surface area contributed by atoms with Crippen LogP contribution in [0.5, 0.6) is 0 Å². The van der Waals surface area contributed by atoms with Gasteiger partial charge in [-0.15, -0.1) is 0 Å². The summed E-state index contributed by atoms with van der Waals surface area (Å²) < 4.78 is 23.5. The van der Waals surface area contributed by atoms with Crippen molar-refractivity contribution in [3.63, 3.8) is 0 Å². The van der Waals surface area contributed by atoms with E-state index in [0.29, 0.717) is 12.8 Å². The number of hydrogen-bond donors (Lipinski definition) is 1. The first-order chi connectivity index (χ1) is 9.78. The molecule has 21 heavy (non-hydrogen) atoms. The number of nitrogens with one attached hydrogen (secondary N) is 1. The number of carbonyl (C=O) groups excluding carboxylic acids is 2. The van der Waals surface area contributed by atoms with Gasteiger partial charge in [0.25, 0.3) is 0 Å². The molecular formula is C14H22N2O4S. The third-order valence-corrected chi connectivity index (χ3v) is 6.83. The van der Waals surface area contributed by atoms with Gasteiger partial charge < -0.3 is 10.2 Å². The smallest absolute Gasteiger partial charge is 0.249 e. The molecule has 1 saturated carbocycles. The van der Waals surface area contributed by atoms with Crippen molar-refractivity contribution in [1.29, 1.82) is 0 Å². The van der Waals surface area contributed by atoms with E-state index in [0.717, 1.165) is 12.8 Å². The van der Waals surface area contributed by atoms with E-state index in [1.54, 1.807) is 11.8 Å². The van der Waals surface area contributed by atoms with Gasteiger partial charge in [0.2, 0.25) is 11.8 Å². The third-order valence-electron chi connectivity index (χ3n) is 5.08. The van der Waals surface area contributed by atoms with Gasteiger partial charge in [0.15, 0.2) is 9.84 Å². The predicted octanol–water partition coefficient (Wildman–Crippen LogP) is 0.0792. The van der Waals surface area contributed by atoms with Crippen molar-refractivity contribution in [3.05, 3.63) is 0 Å². The van der Waals surface area contributed by atoms with E-state index in [4.69, 9.17) is 0 Å². The van der Waals surface area contributed by atoms with Gasteiger partial charge in [-0.2, -0.15) is 0 Å². The molecule has 0 aromatic heterocycles. The zero-order valence-electron chi connectivity index (χ0n) is 12.5. The summed E-state index contributed by atoms with van der Waals surface area (Å²) in [5.41, 5.74) is -0.852. The van der Waals surface area contributed by atoms with Gasteiger partial charge in [0, 0.05) is 6.04 Å². The molecule has 0 radical (unpaired) electrons. The van der Waals surface area contributed by atoms with Crippen molar-refractivity contribution in [2.24, 2.45) is 5.92 Å². The SMILES string of the molecule is CCC1C(=O)NC(C)(C2CC2)C(=O)N1C1CCS(=O)(=O)C1. The minimum absolute atomic E-state index is 0.0106. The van der Waals surface area contributed by atoms with E-state index in [9.17, 15) is 18.0 Å². The van der Waals surface area contributed by atoms with E-state index < -0.39 is 21.4 Å². The molecule has 118 valence electrons. The van der Waals surface area contributed by atoms with Gasteiger partial charge in [-0.25, -0.2) is 8.42 Å². The molecule has 7 heteroatoms. The fraction of sp³-hybridized carbons (Fsp3) is 0.857. The fourth-order valence-corrected chi connectivity index (χ4v) is 5.37. The topological polar surface area (TPSA) is 83.6 Å². The molecule has 0 bridgehead atoms. The highest BCUT2D eigenvalue weighted by molar-refractivity contribution is 7.91. The average Bonchev–Trinajstić information content (AvgIpc) is 3.19. The van der Waals surface area contributed by atoms with Crippen molar-refractivity contribution in [2.75, 3.05) is 11.5 Å². The Hall–Kier alpha value is -1.11. The van der Waals surface area contributed by atoms with Gasteiger partial charge in [-0.05, 0) is 38.5 Å². The normalized spacial score (nSPS) is 39.4. The summed E-state index contributed by atoms with van der Waals surface area (Å²) in [7, 11) is -3.08. The standard InChI is InChI=1S/C14H22N2O4S/c1-3-11-12(17)15-14(2,9-4-5-9)13(18)16(11)10-6-7-21(19,20)8-10/h9-11H,3-8H2,1-2H3,(H,15,17). The summed E-state index contributed by atoms with van der Waals surface area (Å²) in [5, 5.41) is 2.90. The first kappa shape index (κ1) is 14.8. The summed E-state index contributed by atoms with van der Waals surface area (Å²) in [6.45, 7) is 3.64. The molecule has 3 unspecified atom stereocenters. The molecule has 2 saturated heterocycles. The van der Waals surface area contributed by atoms with Crippen LogP contribution in [0.3, 0.4) is 0 Å². The van der Waals surface area contributed by atoms with Crippen molar-refractivity contribution in [3.8, 4) is 0 Å². The van der Waals surface area contributed by atoms with Gasteiger partial charge in [-0.3, -0.25) is 9.59 Å². The van der Waals surface area contributed by atoms with Crippen LogP contribution in [-0.2, 0) is 19.4 Å². The minimum Gasteiger partial charge on any atom is -0.340 e. The van der Waals surface area contributed by atoms with Gasteiger partial charge in [0.1, 0.15) is 11.6 Å². The molecule has 1 aliphatic carbocycles. The number of sulfone groups is 1. The van der Waals surface area contributed by atoms with Crippen LogP contribution in [0.1, 0.15) is 39.5 Å². The van der Waals surface area contributed by atoms with E-state index >= 15 is 0 Å². The molecule has 3 fully saturated rings. The molecular weight excluding hydrogens is 292 g/mol. The van der Waals surface area contributed by atoms with E-state index in [1.165, 1.54) is 0 Å². The highest BCUT2D eigenvalue weighted by atomic mass is 32.2. The molecule has 3 aliphatic rings. The lowest BCUT2D eigenvalue weighted by molar-refractivity contribution is -0.157. The van der Waals surface area contributed by atoms with E-state index in [1.807, 2.05) is 6.92 Å². The van der Waals surface area contributed by atoms with Gasteiger partial charge >= 0.3 is 0 Å². The van der Waals surface area contributed by atoms with E-state index in [2.05, 4.69) is 5.32 Å². The Morgan fingerprint density at radius 2 is 1.95 bits per heavy atom. The summed E-state index contributed by atoms with van der Waals surface area (Å²) in [4.78, 5) is 26.9. The second-order valence-corrected chi connectivity index (χ2v) is 8.89. The summed E-state index contributed by atoms with van der Waals surface area (Å²) in [6.07, 6.45) is 2.83. The summed E-state index contributed by atoms with van der Waals surface area (Å²) in [6, 6.07) is -0.890. The van der Waals surface area contributed by atoms with Crippen molar-refractivity contribution >= 4 is 21.7 Å². The Bertz CT molecular complexity index is 584. The van der Waals surface area contributed by atoms with Gasteiger partial charge in [-0.1, -0.05) is 6.92 Å². The van der Waals surface area contributed by atoms with Crippen LogP contribution in [0.15, 0.2) is 0 Å². The number of amides is 2. The monoisotopic (exact) mass is 314 g/mol. The molecule has 2 heterocycles. The minimum atomic E-state index is -3.08. The van der Waals surface area contributed by atoms with Crippen LogP contribution < -0.4 is 5.32 Å². The van der Waals surface area contributed by atoms with Crippen LogP contribution in [0, 0.1) is 5.92 Å². The second kappa shape index (κ2) is 4.69. The molecule has 2 aliphatic heterocycles. The van der Waals surface area contributed by atoms with Crippen LogP contribution >= 0.6 is 0 Å². The average molecular weight is 314 g/mol. The molecule has 6 nitrogen and oxygen atoms in total. The molecule has 0 aromatic carbocycles. The molecule has 3 rings (SSSR count). The largest absolute Gasteiger partial charge is 0.340 e. The zero-order chi connectivity index (χ0) is 15.4. The van der Waals surface area contributed by atoms with Gasteiger partial charge in [0.05, 0.1) is 11.5 Å². The number of nitrogens with zero attached hydrogens (tertiary/aromatic N) is 1. The lowest BCUT2D eigenvalue weighted by Crippen LogP contribution is -2.71. The molecule has 3 atom stereocenters. The Morgan fingerprint density at radius 1 is 1.29 bits per heavy atom. The third kappa shape index (κ3) is 2.35. The highest BCUT2D eigenvalue weighted by Gasteiger charge is 2.57. The Kier molecular flexibility index (Phi) is 3.31. The van der Waals surface area contributed by atoms with Crippen molar-refractivity contribution in [1.82, 2.24) is 10.2 Å². The zero-order valence-corrected chi connectivity index (χ0v) is 13.3. The fourth-order valence-electron chi connectivity index (χ4n) is 3.66. The first-order valence-electron chi connectivity index (χ1n) is 7.63. The lowest BCUT2D eigenvalue weighted by Gasteiger charge is -2.46. The Morgan fingerprint density at radius 3 is 2.43 bits per heavy atom. The predicted molar refractivity (Wildman–Crippen MR) is 77.3 cm³/mol. The van der Waals surface area contributed by atoms with Crippen LogP contribution in [0.2, 0.25) is 0 Å². The lowest BCUT2D eigenvalue weighted by atomic mass is 9.87. The summed E-state index contributed by atoms with van der Waals surface area (Å²) in [5.74, 6) is 0.0460. The first-order valence-corrected chi connectivity index (χ1v) is 9.46.